The normalized spacial score (nSPS) is 12.2. The number of rotatable bonds is 7. The van der Waals surface area contributed by atoms with Gasteiger partial charge in [0.05, 0.1) is 23.0 Å². The number of hydrogen-bond acceptors (Lipinski definition) is 4. The minimum absolute atomic E-state index is 0.173. The van der Waals surface area contributed by atoms with Crippen molar-refractivity contribution in [1.29, 1.82) is 0 Å². The molecule has 0 atom stereocenters. The third kappa shape index (κ3) is 4.47. The van der Waals surface area contributed by atoms with Gasteiger partial charge in [-0.3, -0.25) is 0 Å². The standard InChI is InChI=1S/C11H21N3O2S/c1-10(2)17(15,16)7-6-14-8-11(13-9-14)4-5-12-3/h8-10,12H,4-7H2,1-3H3. The lowest BCUT2D eigenvalue weighted by Gasteiger charge is -2.07. The quantitative estimate of drug-likeness (QED) is 0.773. The van der Waals surface area contributed by atoms with E-state index in [1.165, 1.54) is 0 Å². The van der Waals surface area contributed by atoms with E-state index in [9.17, 15) is 8.42 Å². The lowest BCUT2D eigenvalue weighted by Crippen LogP contribution is -2.20. The zero-order valence-electron chi connectivity index (χ0n) is 10.7. The first kappa shape index (κ1) is 14.2. The summed E-state index contributed by atoms with van der Waals surface area (Å²) in [5, 5.41) is 2.74. The fourth-order valence-corrected chi connectivity index (χ4v) is 2.32. The van der Waals surface area contributed by atoms with Crippen LogP contribution in [0.5, 0.6) is 0 Å². The van der Waals surface area contributed by atoms with Crippen LogP contribution in [0.3, 0.4) is 0 Å². The Hall–Kier alpha value is -0.880. The number of aromatic nitrogens is 2. The summed E-state index contributed by atoms with van der Waals surface area (Å²) >= 11 is 0. The highest BCUT2D eigenvalue weighted by Crippen LogP contribution is 2.03. The van der Waals surface area contributed by atoms with Crippen molar-refractivity contribution in [2.24, 2.45) is 0 Å². The predicted molar refractivity (Wildman–Crippen MR) is 68.8 cm³/mol. The van der Waals surface area contributed by atoms with Crippen LogP contribution in [0.25, 0.3) is 0 Å². The van der Waals surface area contributed by atoms with Crippen LogP contribution in [0.4, 0.5) is 0 Å². The van der Waals surface area contributed by atoms with E-state index in [-0.39, 0.29) is 11.0 Å². The van der Waals surface area contributed by atoms with Crippen LogP contribution in [-0.4, -0.2) is 42.6 Å². The van der Waals surface area contributed by atoms with Gasteiger partial charge >= 0.3 is 0 Å². The van der Waals surface area contributed by atoms with Gasteiger partial charge in [0.25, 0.3) is 0 Å². The van der Waals surface area contributed by atoms with Crippen molar-refractivity contribution in [1.82, 2.24) is 14.9 Å². The van der Waals surface area contributed by atoms with Gasteiger partial charge in [0.15, 0.2) is 9.84 Å². The summed E-state index contributed by atoms with van der Waals surface area (Å²) < 4.78 is 25.1. The molecule has 0 spiro atoms. The maximum Gasteiger partial charge on any atom is 0.154 e. The average molecular weight is 259 g/mol. The van der Waals surface area contributed by atoms with E-state index in [1.54, 1.807) is 20.2 Å². The number of hydrogen-bond donors (Lipinski definition) is 1. The SMILES string of the molecule is CNCCc1cn(CCS(=O)(=O)C(C)C)cn1. The number of likely N-dealkylation sites (N-methyl/N-ethyl adjacent to an activating group) is 1. The summed E-state index contributed by atoms with van der Waals surface area (Å²) in [6.45, 7) is 4.78. The largest absolute Gasteiger partial charge is 0.336 e. The first-order chi connectivity index (χ1) is 7.95. The molecule has 0 unspecified atom stereocenters. The summed E-state index contributed by atoms with van der Waals surface area (Å²) in [7, 11) is -1.07. The smallest absolute Gasteiger partial charge is 0.154 e. The summed E-state index contributed by atoms with van der Waals surface area (Å²) in [4.78, 5) is 4.23. The van der Waals surface area contributed by atoms with Crippen molar-refractivity contribution >= 4 is 9.84 Å². The molecule has 17 heavy (non-hydrogen) atoms. The minimum Gasteiger partial charge on any atom is -0.336 e. The predicted octanol–water partition coefficient (Wildman–Crippen LogP) is 0.468. The molecule has 0 aliphatic heterocycles. The highest BCUT2D eigenvalue weighted by Gasteiger charge is 2.15. The Balaban J connectivity index is 2.50. The Morgan fingerprint density at radius 3 is 2.76 bits per heavy atom. The van der Waals surface area contributed by atoms with Gasteiger partial charge in [-0.15, -0.1) is 0 Å². The van der Waals surface area contributed by atoms with Crippen molar-refractivity contribution in [3.8, 4) is 0 Å². The van der Waals surface area contributed by atoms with Gasteiger partial charge in [-0.2, -0.15) is 0 Å². The second kappa shape index (κ2) is 6.16. The number of imidazole rings is 1. The average Bonchev–Trinajstić information content (AvgIpc) is 2.71. The maximum absolute atomic E-state index is 11.6. The molecule has 0 saturated heterocycles. The van der Waals surface area contributed by atoms with E-state index in [1.807, 2.05) is 17.8 Å². The second-order valence-corrected chi connectivity index (χ2v) is 7.05. The summed E-state index contributed by atoms with van der Waals surface area (Å²) in [6, 6.07) is 0. The molecule has 1 aromatic heterocycles. The summed E-state index contributed by atoms with van der Waals surface area (Å²) in [5.74, 6) is 0.173. The van der Waals surface area contributed by atoms with Crippen LogP contribution in [0.2, 0.25) is 0 Å². The molecular weight excluding hydrogens is 238 g/mol. The van der Waals surface area contributed by atoms with Crippen LogP contribution in [0.15, 0.2) is 12.5 Å². The van der Waals surface area contributed by atoms with E-state index in [2.05, 4.69) is 10.3 Å². The fourth-order valence-electron chi connectivity index (χ4n) is 1.38. The van der Waals surface area contributed by atoms with Crippen molar-refractivity contribution in [3.05, 3.63) is 18.2 Å². The van der Waals surface area contributed by atoms with Crippen LogP contribution < -0.4 is 5.32 Å². The van der Waals surface area contributed by atoms with Gasteiger partial charge in [0.1, 0.15) is 0 Å². The van der Waals surface area contributed by atoms with Gasteiger partial charge in [-0.05, 0) is 20.9 Å². The van der Waals surface area contributed by atoms with Crippen molar-refractivity contribution in [2.45, 2.75) is 32.1 Å². The molecule has 0 radical (unpaired) electrons. The molecule has 1 rings (SSSR count). The molecule has 5 nitrogen and oxygen atoms in total. The highest BCUT2D eigenvalue weighted by atomic mass is 32.2. The molecule has 6 heteroatoms. The number of nitrogens with zero attached hydrogens (tertiary/aromatic N) is 2. The number of sulfone groups is 1. The first-order valence-electron chi connectivity index (χ1n) is 5.82. The Bertz CT molecular complexity index is 437. The lowest BCUT2D eigenvalue weighted by molar-refractivity contribution is 0.580. The second-order valence-electron chi connectivity index (χ2n) is 4.37. The van der Waals surface area contributed by atoms with Gasteiger partial charge in [0, 0.05) is 25.7 Å². The van der Waals surface area contributed by atoms with Crippen LogP contribution in [0.1, 0.15) is 19.5 Å². The molecule has 0 fully saturated rings. The fraction of sp³-hybridized carbons (Fsp3) is 0.727. The zero-order chi connectivity index (χ0) is 12.9. The van der Waals surface area contributed by atoms with Gasteiger partial charge in [0.2, 0.25) is 0 Å². The molecule has 0 aromatic carbocycles. The Kier molecular flexibility index (Phi) is 5.14. The number of nitrogens with one attached hydrogen (secondary N) is 1. The third-order valence-corrected chi connectivity index (χ3v) is 4.86. The third-order valence-electron chi connectivity index (χ3n) is 2.67. The summed E-state index contributed by atoms with van der Waals surface area (Å²) in [6.07, 6.45) is 4.47. The molecule has 1 N–H and O–H groups in total. The molecule has 0 aliphatic carbocycles. The molecule has 0 amide bonds. The molecule has 1 heterocycles. The highest BCUT2D eigenvalue weighted by molar-refractivity contribution is 7.91. The Morgan fingerprint density at radius 1 is 1.47 bits per heavy atom. The number of aryl methyl sites for hydroxylation is 1. The molecule has 98 valence electrons. The topological polar surface area (TPSA) is 64.0 Å². The van der Waals surface area contributed by atoms with Gasteiger partial charge in [-0.1, -0.05) is 0 Å². The molecule has 0 saturated carbocycles. The van der Waals surface area contributed by atoms with E-state index in [0.29, 0.717) is 6.54 Å². The van der Waals surface area contributed by atoms with Gasteiger partial charge < -0.3 is 9.88 Å². The molecular formula is C11H21N3O2S. The maximum atomic E-state index is 11.6. The Labute approximate surface area is 103 Å². The van der Waals surface area contributed by atoms with E-state index >= 15 is 0 Å². The summed E-state index contributed by atoms with van der Waals surface area (Å²) in [5.41, 5.74) is 0.987. The van der Waals surface area contributed by atoms with Crippen LogP contribution >= 0.6 is 0 Å². The van der Waals surface area contributed by atoms with E-state index in [0.717, 1.165) is 18.7 Å². The van der Waals surface area contributed by atoms with Crippen molar-refractivity contribution in [3.63, 3.8) is 0 Å². The van der Waals surface area contributed by atoms with E-state index in [4.69, 9.17) is 0 Å². The minimum atomic E-state index is -2.97. The van der Waals surface area contributed by atoms with Crippen molar-refractivity contribution < 1.29 is 8.42 Å². The molecule has 1 aromatic rings. The van der Waals surface area contributed by atoms with Crippen LogP contribution in [-0.2, 0) is 22.8 Å². The van der Waals surface area contributed by atoms with Crippen LogP contribution in [0, 0.1) is 0 Å². The first-order valence-corrected chi connectivity index (χ1v) is 7.54. The molecule has 0 aliphatic rings. The van der Waals surface area contributed by atoms with Gasteiger partial charge in [-0.25, -0.2) is 13.4 Å². The lowest BCUT2D eigenvalue weighted by atomic mass is 10.3. The zero-order valence-corrected chi connectivity index (χ0v) is 11.5. The molecule has 0 bridgehead atoms. The van der Waals surface area contributed by atoms with E-state index < -0.39 is 9.84 Å². The van der Waals surface area contributed by atoms with Crippen molar-refractivity contribution in [2.75, 3.05) is 19.3 Å². The Morgan fingerprint density at radius 2 is 2.18 bits per heavy atom. The monoisotopic (exact) mass is 259 g/mol.